The molecule has 4 rings (SSSR count). The number of nitrogens with zero attached hydrogens (tertiary/aromatic N) is 5. The van der Waals surface area contributed by atoms with E-state index in [-0.39, 0.29) is 12.8 Å². The third kappa shape index (κ3) is 4.71. The van der Waals surface area contributed by atoms with Crippen LogP contribution in [0.1, 0.15) is 12.5 Å². The van der Waals surface area contributed by atoms with Crippen LogP contribution < -0.4 is 4.90 Å². The van der Waals surface area contributed by atoms with Gasteiger partial charge >= 0.3 is 0 Å². The van der Waals surface area contributed by atoms with Crippen LogP contribution in [0, 0.1) is 0 Å². The van der Waals surface area contributed by atoms with Gasteiger partial charge in [0, 0.05) is 45.0 Å². The molecule has 6 heteroatoms. The third-order valence-corrected chi connectivity index (χ3v) is 5.93. The summed E-state index contributed by atoms with van der Waals surface area (Å²) in [4.78, 5) is 7.17. The van der Waals surface area contributed by atoms with Crippen LogP contribution in [0.25, 0.3) is 0 Å². The molecule has 1 saturated heterocycles. The second-order valence-corrected chi connectivity index (χ2v) is 7.75. The largest absolute Gasteiger partial charge is 0.388 e. The first-order chi connectivity index (χ1) is 14.2. The number of piperazine rings is 1. The minimum atomic E-state index is -0.0244. The maximum Gasteiger partial charge on any atom is 0.152 e. The Morgan fingerprint density at radius 2 is 1.55 bits per heavy atom. The van der Waals surface area contributed by atoms with Gasteiger partial charge in [0.05, 0.1) is 6.54 Å². The second-order valence-electron chi connectivity index (χ2n) is 7.75. The van der Waals surface area contributed by atoms with Crippen molar-refractivity contribution in [2.45, 2.75) is 19.6 Å². The van der Waals surface area contributed by atoms with Gasteiger partial charge in [-0.15, -0.1) is 0 Å². The van der Waals surface area contributed by atoms with Crippen LogP contribution >= 0.6 is 0 Å². The average molecular weight is 394 g/mol. The third-order valence-electron chi connectivity index (χ3n) is 5.93. The van der Waals surface area contributed by atoms with Gasteiger partial charge in [-0.25, -0.2) is 0 Å². The van der Waals surface area contributed by atoms with Crippen LogP contribution in [0.4, 0.5) is 5.69 Å². The van der Waals surface area contributed by atoms with Crippen molar-refractivity contribution in [2.75, 3.05) is 50.8 Å². The second kappa shape index (κ2) is 9.29. The molecule has 29 heavy (non-hydrogen) atoms. The monoisotopic (exact) mass is 393 g/mol. The molecule has 1 N–H and O–H groups in total. The summed E-state index contributed by atoms with van der Waals surface area (Å²) in [5.74, 6) is 0.759. The lowest BCUT2D eigenvalue weighted by molar-refractivity contribution is 0.119. The molecule has 154 valence electrons. The molecule has 0 aromatic heterocycles. The number of aliphatic hydroxyl groups is 1. The number of hydrazone groups is 1. The van der Waals surface area contributed by atoms with Crippen LogP contribution in [-0.4, -0.2) is 77.8 Å². The smallest absolute Gasteiger partial charge is 0.152 e. The minimum absolute atomic E-state index is 0.0244. The standard InChI is InChI=1S/C23H31N5O/c1-20-27(18-21-8-4-2-5-9-21)23(19-29)24-28(20)17-14-25-12-15-26(16-13-25)22-10-6-3-7-11-22/h2-11,20,29H,12-19H2,1H3. The number of para-hydroxylation sites is 1. The van der Waals surface area contributed by atoms with Crippen molar-refractivity contribution in [3.63, 3.8) is 0 Å². The number of rotatable bonds is 7. The SMILES string of the molecule is CC1N(CCN2CCN(c3ccccc3)CC2)N=C(CO)N1Cc1ccccc1. The van der Waals surface area contributed by atoms with Crippen molar-refractivity contribution in [1.29, 1.82) is 0 Å². The van der Waals surface area contributed by atoms with Gasteiger partial charge in [-0.3, -0.25) is 9.91 Å². The molecule has 6 nitrogen and oxygen atoms in total. The van der Waals surface area contributed by atoms with Gasteiger partial charge in [0.25, 0.3) is 0 Å². The van der Waals surface area contributed by atoms with Gasteiger partial charge in [-0.2, -0.15) is 5.10 Å². The van der Waals surface area contributed by atoms with Gasteiger partial charge in [0.1, 0.15) is 12.8 Å². The van der Waals surface area contributed by atoms with E-state index in [0.29, 0.717) is 0 Å². The Kier molecular flexibility index (Phi) is 6.32. The number of amidine groups is 1. The fraction of sp³-hybridized carbons (Fsp3) is 0.435. The van der Waals surface area contributed by atoms with Crippen molar-refractivity contribution >= 4 is 11.5 Å². The summed E-state index contributed by atoms with van der Waals surface area (Å²) >= 11 is 0. The summed E-state index contributed by atoms with van der Waals surface area (Å²) in [5.41, 5.74) is 2.55. The zero-order valence-electron chi connectivity index (χ0n) is 17.2. The maximum atomic E-state index is 9.79. The van der Waals surface area contributed by atoms with Crippen molar-refractivity contribution in [3.8, 4) is 0 Å². The Balaban J connectivity index is 1.28. The maximum absolute atomic E-state index is 9.79. The van der Waals surface area contributed by atoms with E-state index in [1.165, 1.54) is 11.3 Å². The molecule has 0 radical (unpaired) electrons. The fourth-order valence-corrected chi connectivity index (χ4v) is 4.14. The first-order valence-electron chi connectivity index (χ1n) is 10.5. The molecular weight excluding hydrogens is 362 g/mol. The highest BCUT2D eigenvalue weighted by molar-refractivity contribution is 5.84. The van der Waals surface area contributed by atoms with E-state index >= 15 is 0 Å². The molecule has 0 amide bonds. The first kappa shape index (κ1) is 19.7. The summed E-state index contributed by atoms with van der Waals surface area (Å²) in [7, 11) is 0. The highest BCUT2D eigenvalue weighted by Gasteiger charge is 2.30. The van der Waals surface area contributed by atoms with Crippen molar-refractivity contribution in [3.05, 3.63) is 66.2 Å². The molecule has 0 saturated carbocycles. The van der Waals surface area contributed by atoms with Crippen LogP contribution in [0.2, 0.25) is 0 Å². The van der Waals surface area contributed by atoms with E-state index < -0.39 is 0 Å². The summed E-state index contributed by atoms with van der Waals surface area (Å²) in [5, 5.41) is 16.6. The molecule has 2 aliphatic rings. The Morgan fingerprint density at radius 3 is 2.21 bits per heavy atom. The predicted molar refractivity (Wildman–Crippen MR) is 118 cm³/mol. The highest BCUT2D eigenvalue weighted by Crippen LogP contribution is 2.20. The van der Waals surface area contributed by atoms with Gasteiger partial charge < -0.3 is 14.9 Å². The molecule has 2 heterocycles. The molecule has 0 spiro atoms. The molecule has 2 aromatic rings. The van der Waals surface area contributed by atoms with Gasteiger partial charge in [-0.1, -0.05) is 48.5 Å². The normalized spacial score (nSPS) is 20.3. The summed E-state index contributed by atoms with van der Waals surface area (Å²) in [6.45, 7) is 9.05. The van der Waals surface area contributed by atoms with Crippen molar-refractivity contribution in [1.82, 2.24) is 14.8 Å². The predicted octanol–water partition coefficient (Wildman–Crippen LogP) is 2.28. The van der Waals surface area contributed by atoms with E-state index in [1.54, 1.807) is 0 Å². The number of hydrogen-bond acceptors (Lipinski definition) is 6. The summed E-state index contributed by atoms with van der Waals surface area (Å²) in [6, 6.07) is 21.0. The average Bonchev–Trinajstić information content (AvgIpc) is 3.08. The molecule has 1 atom stereocenters. The lowest BCUT2D eigenvalue weighted by atomic mass is 10.2. The Labute approximate surface area is 173 Å². The fourth-order valence-electron chi connectivity index (χ4n) is 4.14. The van der Waals surface area contributed by atoms with Gasteiger partial charge in [-0.05, 0) is 24.6 Å². The van der Waals surface area contributed by atoms with E-state index in [9.17, 15) is 5.11 Å². The van der Waals surface area contributed by atoms with Crippen LogP contribution in [0.5, 0.6) is 0 Å². The topological polar surface area (TPSA) is 45.6 Å². The first-order valence-corrected chi connectivity index (χ1v) is 10.5. The van der Waals surface area contributed by atoms with Gasteiger partial charge in [0.15, 0.2) is 5.84 Å². The number of aliphatic hydroxyl groups excluding tert-OH is 1. The lowest BCUT2D eigenvalue weighted by Crippen LogP contribution is -2.49. The Hall–Kier alpha value is -2.57. The number of benzene rings is 2. The highest BCUT2D eigenvalue weighted by atomic mass is 16.3. The molecular formula is C23H31N5O. The molecule has 0 aliphatic carbocycles. The minimum Gasteiger partial charge on any atom is -0.388 e. The summed E-state index contributed by atoms with van der Waals surface area (Å²) < 4.78 is 0. The number of hydrogen-bond donors (Lipinski definition) is 1. The van der Waals surface area contributed by atoms with Crippen LogP contribution in [-0.2, 0) is 6.54 Å². The van der Waals surface area contributed by atoms with E-state index in [4.69, 9.17) is 5.10 Å². The van der Waals surface area contributed by atoms with E-state index in [1.807, 2.05) is 6.07 Å². The Bertz CT molecular complexity index is 789. The van der Waals surface area contributed by atoms with E-state index in [0.717, 1.165) is 51.6 Å². The molecule has 1 unspecified atom stereocenters. The van der Waals surface area contributed by atoms with Crippen molar-refractivity contribution < 1.29 is 5.11 Å². The van der Waals surface area contributed by atoms with Crippen LogP contribution in [0.15, 0.2) is 65.8 Å². The van der Waals surface area contributed by atoms with Gasteiger partial charge in [0.2, 0.25) is 0 Å². The van der Waals surface area contributed by atoms with Crippen molar-refractivity contribution in [2.24, 2.45) is 5.10 Å². The van der Waals surface area contributed by atoms with E-state index in [2.05, 4.69) is 81.2 Å². The zero-order chi connectivity index (χ0) is 20.1. The lowest BCUT2D eigenvalue weighted by Gasteiger charge is -2.37. The quantitative estimate of drug-likeness (QED) is 0.782. The Morgan fingerprint density at radius 1 is 0.897 bits per heavy atom. The molecule has 2 aliphatic heterocycles. The molecule has 1 fully saturated rings. The summed E-state index contributed by atoms with van der Waals surface area (Å²) in [6.07, 6.45) is 0.156. The zero-order valence-corrected chi connectivity index (χ0v) is 17.2. The molecule has 0 bridgehead atoms. The van der Waals surface area contributed by atoms with Crippen LogP contribution in [0.3, 0.4) is 0 Å². The number of anilines is 1. The molecule has 2 aromatic carbocycles.